The van der Waals surface area contributed by atoms with E-state index in [1.165, 1.54) is 4.90 Å². The average molecular weight is 298 g/mol. The number of carboxylic acid groups (broad SMARTS) is 1. The number of amides is 2. The monoisotopic (exact) mass is 298 g/mol. The number of hydrogen-bond donors (Lipinski definition) is 2. The molecule has 1 aromatic rings. The minimum absolute atomic E-state index is 0.109. The van der Waals surface area contributed by atoms with Crippen molar-refractivity contribution in [2.24, 2.45) is 5.92 Å². The highest BCUT2D eigenvalue weighted by molar-refractivity contribution is 7.07. The Kier molecular flexibility index (Phi) is 4.61. The Morgan fingerprint density at radius 3 is 2.90 bits per heavy atom. The number of carbonyl (C=O) groups is 2. The van der Waals surface area contributed by atoms with Gasteiger partial charge in [-0.2, -0.15) is 11.3 Å². The summed E-state index contributed by atoms with van der Waals surface area (Å²) in [6.07, 6.45) is 0. The van der Waals surface area contributed by atoms with E-state index >= 15 is 0 Å². The van der Waals surface area contributed by atoms with Crippen LogP contribution in [0, 0.1) is 5.92 Å². The number of nitrogens with one attached hydrogen (secondary N) is 1. The van der Waals surface area contributed by atoms with Crippen molar-refractivity contribution < 1.29 is 19.4 Å². The van der Waals surface area contributed by atoms with E-state index in [0.717, 1.165) is 5.56 Å². The van der Waals surface area contributed by atoms with E-state index in [2.05, 4.69) is 5.32 Å². The van der Waals surface area contributed by atoms with Crippen molar-refractivity contribution in [1.29, 1.82) is 0 Å². The van der Waals surface area contributed by atoms with E-state index in [1.807, 2.05) is 23.8 Å². The molecule has 1 aliphatic rings. The van der Waals surface area contributed by atoms with Crippen LogP contribution in [0.1, 0.15) is 18.5 Å². The Balaban J connectivity index is 1.96. The third-order valence-corrected chi connectivity index (χ3v) is 4.27. The second kappa shape index (κ2) is 6.23. The topological polar surface area (TPSA) is 78.9 Å². The summed E-state index contributed by atoms with van der Waals surface area (Å²) >= 11 is 1.57. The zero-order valence-electron chi connectivity index (χ0n) is 11.4. The van der Waals surface area contributed by atoms with Gasteiger partial charge in [-0.15, -0.1) is 0 Å². The summed E-state index contributed by atoms with van der Waals surface area (Å²) in [5.41, 5.74) is 1.04. The standard InChI is InChI=1S/C13H18N2O4S/c1-8(9-3-4-20-7-9)14-13(18)15(2)11-6-19-5-10(11)12(16)17/h3-4,7-8,10-11H,5-6H2,1-2H3,(H,14,18)(H,16,17). The van der Waals surface area contributed by atoms with Gasteiger partial charge in [0.25, 0.3) is 0 Å². The highest BCUT2D eigenvalue weighted by Crippen LogP contribution is 2.20. The molecule has 1 aliphatic heterocycles. The van der Waals surface area contributed by atoms with Crippen LogP contribution in [0.3, 0.4) is 0 Å². The van der Waals surface area contributed by atoms with Gasteiger partial charge in [-0.1, -0.05) is 0 Å². The lowest BCUT2D eigenvalue weighted by Crippen LogP contribution is -2.48. The first-order valence-corrected chi connectivity index (χ1v) is 7.31. The van der Waals surface area contributed by atoms with E-state index in [1.54, 1.807) is 18.4 Å². The first kappa shape index (κ1) is 14.8. The van der Waals surface area contributed by atoms with E-state index in [4.69, 9.17) is 9.84 Å². The molecule has 20 heavy (non-hydrogen) atoms. The predicted molar refractivity (Wildman–Crippen MR) is 74.8 cm³/mol. The first-order chi connectivity index (χ1) is 9.50. The molecule has 110 valence electrons. The molecule has 2 N–H and O–H groups in total. The van der Waals surface area contributed by atoms with Gasteiger partial charge in [-0.05, 0) is 29.3 Å². The zero-order valence-corrected chi connectivity index (χ0v) is 12.2. The molecule has 7 heteroatoms. The maximum atomic E-state index is 12.2. The van der Waals surface area contributed by atoms with Gasteiger partial charge in [0.15, 0.2) is 0 Å². The molecule has 1 saturated heterocycles. The number of carboxylic acids is 1. The lowest BCUT2D eigenvalue weighted by molar-refractivity contribution is -0.142. The summed E-state index contributed by atoms with van der Waals surface area (Å²) in [6.45, 7) is 2.30. The third kappa shape index (κ3) is 3.10. The Morgan fingerprint density at radius 2 is 2.30 bits per heavy atom. The molecule has 0 aliphatic carbocycles. The molecule has 3 unspecified atom stereocenters. The van der Waals surface area contributed by atoms with Crippen molar-refractivity contribution in [2.75, 3.05) is 20.3 Å². The van der Waals surface area contributed by atoms with E-state index in [-0.39, 0.29) is 25.3 Å². The van der Waals surface area contributed by atoms with Crippen molar-refractivity contribution in [3.63, 3.8) is 0 Å². The van der Waals surface area contributed by atoms with Crippen molar-refractivity contribution in [3.8, 4) is 0 Å². The maximum absolute atomic E-state index is 12.2. The van der Waals surface area contributed by atoms with Gasteiger partial charge in [0.1, 0.15) is 5.92 Å². The lowest BCUT2D eigenvalue weighted by Gasteiger charge is -2.28. The molecule has 0 radical (unpaired) electrons. The quantitative estimate of drug-likeness (QED) is 0.884. The molecule has 0 bridgehead atoms. The normalized spacial score (nSPS) is 23.3. The number of likely N-dealkylation sites (N-methyl/N-ethyl adjacent to an activating group) is 1. The van der Waals surface area contributed by atoms with Crippen LogP contribution < -0.4 is 5.32 Å². The predicted octanol–water partition coefficient (Wildman–Crippen LogP) is 1.55. The van der Waals surface area contributed by atoms with Crippen molar-refractivity contribution in [3.05, 3.63) is 22.4 Å². The number of carbonyl (C=O) groups excluding carboxylic acids is 1. The summed E-state index contributed by atoms with van der Waals surface area (Å²) in [6, 6.07) is 1.13. The fourth-order valence-electron chi connectivity index (χ4n) is 2.20. The molecule has 2 heterocycles. The van der Waals surface area contributed by atoms with Crippen molar-refractivity contribution in [2.45, 2.75) is 19.0 Å². The molecule has 1 fully saturated rings. The van der Waals surface area contributed by atoms with Gasteiger partial charge >= 0.3 is 12.0 Å². The molecule has 1 aromatic heterocycles. The van der Waals surface area contributed by atoms with Crippen molar-refractivity contribution in [1.82, 2.24) is 10.2 Å². The molecule has 3 atom stereocenters. The molecule has 6 nitrogen and oxygen atoms in total. The van der Waals surface area contributed by atoms with Crippen LogP contribution in [0.25, 0.3) is 0 Å². The summed E-state index contributed by atoms with van der Waals surface area (Å²) in [5.74, 6) is -1.60. The molecule has 0 saturated carbocycles. The molecule has 2 rings (SSSR count). The van der Waals surface area contributed by atoms with Crippen LogP contribution in [-0.2, 0) is 9.53 Å². The fraction of sp³-hybridized carbons (Fsp3) is 0.538. The molecule has 0 aromatic carbocycles. The van der Waals surface area contributed by atoms with Gasteiger partial charge < -0.3 is 20.1 Å². The highest BCUT2D eigenvalue weighted by Gasteiger charge is 2.38. The Morgan fingerprint density at radius 1 is 1.55 bits per heavy atom. The highest BCUT2D eigenvalue weighted by atomic mass is 32.1. The van der Waals surface area contributed by atoms with Crippen LogP contribution in [0.5, 0.6) is 0 Å². The number of rotatable bonds is 4. The van der Waals surface area contributed by atoms with Crippen LogP contribution in [0.15, 0.2) is 16.8 Å². The lowest BCUT2D eigenvalue weighted by atomic mass is 10.0. The molecule has 0 spiro atoms. The summed E-state index contributed by atoms with van der Waals surface area (Å²) < 4.78 is 5.18. The minimum Gasteiger partial charge on any atom is -0.481 e. The Hall–Kier alpha value is -1.60. The Bertz CT molecular complexity index is 477. The van der Waals surface area contributed by atoms with Crippen LogP contribution >= 0.6 is 11.3 Å². The van der Waals surface area contributed by atoms with Gasteiger partial charge in [0.05, 0.1) is 25.3 Å². The van der Waals surface area contributed by atoms with Gasteiger partial charge in [-0.3, -0.25) is 4.79 Å². The average Bonchev–Trinajstić information content (AvgIpc) is 3.08. The fourth-order valence-corrected chi connectivity index (χ4v) is 2.96. The Labute approximate surface area is 121 Å². The zero-order chi connectivity index (χ0) is 14.7. The number of urea groups is 1. The first-order valence-electron chi connectivity index (χ1n) is 6.36. The van der Waals surface area contributed by atoms with Gasteiger partial charge in [0.2, 0.25) is 0 Å². The largest absolute Gasteiger partial charge is 0.481 e. The third-order valence-electron chi connectivity index (χ3n) is 3.57. The van der Waals surface area contributed by atoms with E-state index in [9.17, 15) is 9.59 Å². The SMILES string of the molecule is CC(NC(=O)N(C)C1COCC1C(=O)O)c1ccsc1. The summed E-state index contributed by atoms with van der Waals surface area (Å²) in [5, 5.41) is 15.9. The second-order valence-corrected chi connectivity index (χ2v) is 5.67. The number of ether oxygens (including phenoxy) is 1. The van der Waals surface area contributed by atoms with Crippen LogP contribution in [0.4, 0.5) is 4.79 Å². The van der Waals surface area contributed by atoms with Gasteiger partial charge in [-0.25, -0.2) is 4.79 Å². The minimum atomic E-state index is -0.932. The molecular formula is C13H18N2O4S. The second-order valence-electron chi connectivity index (χ2n) is 4.89. The number of nitrogens with zero attached hydrogens (tertiary/aromatic N) is 1. The van der Waals surface area contributed by atoms with Gasteiger partial charge in [0, 0.05) is 7.05 Å². The van der Waals surface area contributed by atoms with Crippen LogP contribution in [0.2, 0.25) is 0 Å². The van der Waals surface area contributed by atoms with E-state index in [0.29, 0.717) is 0 Å². The molecule has 2 amide bonds. The summed E-state index contributed by atoms with van der Waals surface area (Å²) in [4.78, 5) is 24.7. The van der Waals surface area contributed by atoms with Crippen molar-refractivity contribution >= 4 is 23.3 Å². The summed E-state index contributed by atoms with van der Waals surface area (Å²) in [7, 11) is 1.60. The number of hydrogen-bond acceptors (Lipinski definition) is 4. The maximum Gasteiger partial charge on any atom is 0.317 e. The molecular weight excluding hydrogens is 280 g/mol. The smallest absolute Gasteiger partial charge is 0.317 e. The van der Waals surface area contributed by atoms with Crippen LogP contribution in [-0.4, -0.2) is 48.3 Å². The van der Waals surface area contributed by atoms with E-state index < -0.39 is 17.9 Å². The number of aliphatic carboxylic acids is 1. The number of thiophene rings is 1.